The Labute approximate surface area is 77.8 Å². The van der Waals surface area contributed by atoms with E-state index in [1.54, 1.807) is 0 Å². The highest BCUT2D eigenvalue weighted by atomic mass is 16.4. The first-order chi connectivity index (χ1) is 6.37. The molecule has 0 spiro atoms. The summed E-state index contributed by atoms with van der Waals surface area (Å²) in [5, 5.41) is 36.0. The molecular formula is C7H8N2O5. The van der Waals surface area contributed by atoms with E-state index in [1.165, 1.54) is 0 Å². The molecule has 0 bridgehead atoms. The van der Waals surface area contributed by atoms with E-state index in [0.717, 1.165) is 0 Å². The van der Waals surface area contributed by atoms with Gasteiger partial charge in [0.2, 0.25) is 0 Å². The van der Waals surface area contributed by atoms with Crippen molar-refractivity contribution in [2.24, 2.45) is 0 Å². The molecular weight excluding hydrogens is 192 g/mol. The lowest BCUT2D eigenvalue weighted by Crippen LogP contribution is -2.03. The van der Waals surface area contributed by atoms with Gasteiger partial charge in [0.1, 0.15) is 16.9 Å². The summed E-state index contributed by atoms with van der Waals surface area (Å²) in [4.78, 5) is 10.5. The van der Waals surface area contributed by atoms with Crippen molar-refractivity contribution >= 4 is 17.3 Å². The van der Waals surface area contributed by atoms with Gasteiger partial charge in [0, 0.05) is 0 Å². The highest BCUT2D eigenvalue weighted by molar-refractivity contribution is 6.00. The molecule has 76 valence electrons. The molecule has 0 saturated carbocycles. The highest BCUT2D eigenvalue weighted by Crippen LogP contribution is 2.45. The van der Waals surface area contributed by atoms with E-state index in [-0.39, 0.29) is 0 Å². The molecule has 0 radical (unpaired) electrons. The molecule has 7 heteroatoms. The first-order valence-corrected chi connectivity index (χ1v) is 3.43. The normalized spacial score (nSPS) is 10.0. The summed E-state index contributed by atoms with van der Waals surface area (Å²) >= 11 is 0. The number of aromatic carboxylic acids is 1. The smallest absolute Gasteiger partial charge is 0.343 e. The van der Waals surface area contributed by atoms with Crippen molar-refractivity contribution in [2.75, 3.05) is 11.5 Å². The maximum atomic E-state index is 10.5. The second-order valence-electron chi connectivity index (χ2n) is 2.55. The molecule has 1 rings (SSSR count). The number of hydrogen-bond donors (Lipinski definition) is 6. The number of aromatic hydroxyl groups is 3. The number of nitrogens with two attached hydrogens (primary N) is 2. The molecule has 0 aliphatic carbocycles. The third kappa shape index (κ3) is 1.11. The van der Waals surface area contributed by atoms with Crippen molar-refractivity contribution in [3.63, 3.8) is 0 Å². The largest absolute Gasteiger partial charge is 0.505 e. The molecule has 1 aromatic carbocycles. The maximum Gasteiger partial charge on any atom is 0.343 e. The summed E-state index contributed by atoms with van der Waals surface area (Å²) < 4.78 is 0. The van der Waals surface area contributed by atoms with E-state index >= 15 is 0 Å². The van der Waals surface area contributed by atoms with Crippen molar-refractivity contribution in [2.45, 2.75) is 0 Å². The first kappa shape index (κ1) is 9.78. The van der Waals surface area contributed by atoms with E-state index in [4.69, 9.17) is 21.7 Å². The molecule has 0 amide bonds. The number of benzene rings is 1. The minimum absolute atomic E-state index is 0.585. The van der Waals surface area contributed by atoms with Crippen LogP contribution in [0.15, 0.2) is 0 Å². The molecule has 0 aromatic heterocycles. The Morgan fingerprint density at radius 1 is 0.929 bits per heavy atom. The zero-order valence-corrected chi connectivity index (χ0v) is 6.85. The summed E-state index contributed by atoms with van der Waals surface area (Å²) in [6, 6.07) is 0. The van der Waals surface area contributed by atoms with Gasteiger partial charge >= 0.3 is 5.97 Å². The lowest BCUT2D eigenvalue weighted by atomic mass is 10.1. The number of carboxylic acid groups (broad SMARTS) is 1. The van der Waals surface area contributed by atoms with Crippen molar-refractivity contribution in [3.05, 3.63) is 5.56 Å². The fourth-order valence-corrected chi connectivity index (χ4v) is 0.953. The van der Waals surface area contributed by atoms with Crippen LogP contribution in [-0.4, -0.2) is 26.4 Å². The Morgan fingerprint density at radius 2 is 1.29 bits per heavy atom. The molecule has 0 heterocycles. The van der Waals surface area contributed by atoms with Crippen molar-refractivity contribution in [1.29, 1.82) is 0 Å². The van der Waals surface area contributed by atoms with Crippen LogP contribution in [0.4, 0.5) is 11.4 Å². The second kappa shape index (κ2) is 2.87. The summed E-state index contributed by atoms with van der Waals surface area (Å²) in [5.74, 6) is -4.17. The maximum absolute atomic E-state index is 10.5. The van der Waals surface area contributed by atoms with Crippen LogP contribution in [0.2, 0.25) is 0 Å². The average molecular weight is 200 g/mol. The third-order valence-electron chi connectivity index (χ3n) is 1.71. The number of carbonyl (C=O) groups is 1. The predicted octanol–water partition coefficient (Wildman–Crippen LogP) is -0.334. The molecule has 7 nitrogen and oxygen atoms in total. The summed E-state index contributed by atoms with van der Waals surface area (Å²) in [6.45, 7) is 0. The van der Waals surface area contributed by atoms with Gasteiger partial charge in [-0.25, -0.2) is 4.79 Å². The van der Waals surface area contributed by atoms with Crippen LogP contribution in [-0.2, 0) is 0 Å². The highest BCUT2D eigenvalue weighted by Gasteiger charge is 2.24. The third-order valence-corrected chi connectivity index (χ3v) is 1.71. The Hall–Kier alpha value is -2.31. The predicted molar refractivity (Wildman–Crippen MR) is 47.2 cm³/mol. The monoisotopic (exact) mass is 200 g/mol. The lowest BCUT2D eigenvalue weighted by Gasteiger charge is -2.10. The van der Waals surface area contributed by atoms with Crippen LogP contribution in [0.25, 0.3) is 0 Å². The van der Waals surface area contributed by atoms with Gasteiger partial charge in [0.05, 0.1) is 0 Å². The van der Waals surface area contributed by atoms with Gasteiger partial charge in [-0.1, -0.05) is 0 Å². The standard InChI is InChI=1S/C7H8N2O5/c8-2-4(10)1(7(13)14)5(11)3(9)6(2)12/h10-12H,8-9H2,(H,13,14). The summed E-state index contributed by atoms with van der Waals surface area (Å²) in [6.07, 6.45) is 0. The molecule has 1 aromatic rings. The molecule has 0 unspecified atom stereocenters. The number of hydrogen-bond acceptors (Lipinski definition) is 6. The number of phenolic OH excluding ortho intramolecular Hbond substituents is 1. The van der Waals surface area contributed by atoms with Gasteiger partial charge in [-0.2, -0.15) is 0 Å². The molecule has 8 N–H and O–H groups in total. The molecule has 14 heavy (non-hydrogen) atoms. The van der Waals surface area contributed by atoms with Crippen LogP contribution in [0, 0.1) is 0 Å². The van der Waals surface area contributed by atoms with Crippen LogP contribution in [0.3, 0.4) is 0 Å². The SMILES string of the molecule is Nc1c(O)c(N)c(O)c(C(=O)O)c1O. The van der Waals surface area contributed by atoms with E-state index in [9.17, 15) is 15.0 Å². The van der Waals surface area contributed by atoms with Crippen LogP contribution in [0.5, 0.6) is 17.2 Å². The number of carboxylic acids is 1. The van der Waals surface area contributed by atoms with Crippen LogP contribution < -0.4 is 11.5 Å². The van der Waals surface area contributed by atoms with E-state index in [0.29, 0.717) is 0 Å². The number of nitrogen functional groups attached to an aromatic ring is 2. The molecule has 0 fully saturated rings. The van der Waals surface area contributed by atoms with Crippen molar-refractivity contribution < 1.29 is 25.2 Å². The Kier molecular flexibility index (Phi) is 2.01. The minimum Gasteiger partial charge on any atom is -0.505 e. The van der Waals surface area contributed by atoms with Gasteiger partial charge in [-0.05, 0) is 0 Å². The van der Waals surface area contributed by atoms with Gasteiger partial charge in [-0.3, -0.25) is 0 Å². The fraction of sp³-hybridized carbons (Fsp3) is 0. The van der Waals surface area contributed by atoms with Gasteiger partial charge in [-0.15, -0.1) is 0 Å². The first-order valence-electron chi connectivity index (χ1n) is 3.43. The Bertz CT molecular complexity index is 386. The number of phenols is 3. The Morgan fingerprint density at radius 3 is 1.57 bits per heavy atom. The van der Waals surface area contributed by atoms with Gasteiger partial charge < -0.3 is 31.9 Å². The van der Waals surface area contributed by atoms with E-state index in [1.807, 2.05) is 0 Å². The van der Waals surface area contributed by atoms with Gasteiger partial charge in [0.25, 0.3) is 0 Å². The Balaban J connectivity index is 3.68. The van der Waals surface area contributed by atoms with Crippen molar-refractivity contribution in [1.82, 2.24) is 0 Å². The van der Waals surface area contributed by atoms with Crippen LogP contribution in [0.1, 0.15) is 10.4 Å². The fourth-order valence-electron chi connectivity index (χ4n) is 0.953. The molecule has 0 atom stereocenters. The van der Waals surface area contributed by atoms with Crippen molar-refractivity contribution in [3.8, 4) is 17.2 Å². The molecule has 0 aliphatic heterocycles. The summed E-state index contributed by atoms with van der Waals surface area (Å²) in [5.41, 5.74) is 8.27. The quantitative estimate of drug-likeness (QED) is 0.206. The average Bonchev–Trinajstić information content (AvgIpc) is 2.11. The zero-order valence-electron chi connectivity index (χ0n) is 6.85. The minimum atomic E-state index is -1.60. The lowest BCUT2D eigenvalue weighted by molar-refractivity contribution is 0.0690. The zero-order chi connectivity index (χ0) is 11.0. The molecule has 0 aliphatic rings. The van der Waals surface area contributed by atoms with Crippen LogP contribution >= 0.6 is 0 Å². The van der Waals surface area contributed by atoms with E-state index in [2.05, 4.69) is 0 Å². The van der Waals surface area contributed by atoms with Gasteiger partial charge in [0.15, 0.2) is 17.2 Å². The second-order valence-corrected chi connectivity index (χ2v) is 2.55. The topological polar surface area (TPSA) is 150 Å². The summed E-state index contributed by atoms with van der Waals surface area (Å²) in [7, 11) is 0. The number of anilines is 2. The van der Waals surface area contributed by atoms with E-state index < -0.39 is 40.2 Å². The molecule has 0 saturated heterocycles. The number of rotatable bonds is 1.